The van der Waals surface area contributed by atoms with E-state index < -0.39 is 35.9 Å². The van der Waals surface area contributed by atoms with Crippen LogP contribution >= 0.6 is 22.7 Å². The second-order valence-corrected chi connectivity index (χ2v) is 7.84. The highest BCUT2D eigenvalue weighted by Gasteiger charge is 2.34. The molecule has 6 nitrogen and oxygen atoms in total. The minimum atomic E-state index is -1.90. The summed E-state index contributed by atoms with van der Waals surface area (Å²) in [5.74, 6) is -1.10. The number of hydrogen-bond donors (Lipinski definition) is 6. The van der Waals surface area contributed by atoms with Crippen molar-refractivity contribution in [2.45, 2.75) is 38.3 Å². The zero-order chi connectivity index (χ0) is 19.4. The summed E-state index contributed by atoms with van der Waals surface area (Å²) in [4.78, 5) is 1.39. The molecule has 0 unspecified atom stereocenters. The summed E-state index contributed by atoms with van der Waals surface area (Å²) in [7, 11) is 0. The molecule has 0 radical (unpaired) electrons. The van der Waals surface area contributed by atoms with E-state index in [0.717, 1.165) is 11.1 Å². The fraction of sp³-hybridized carbons (Fsp3) is 0.333. The molecule has 4 atom stereocenters. The van der Waals surface area contributed by atoms with Crippen LogP contribution in [0.25, 0.3) is 12.2 Å². The minimum absolute atomic E-state index is 0.549. The summed E-state index contributed by atoms with van der Waals surface area (Å²) >= 11 is 2.68. The van der Waals surface area contributed by atoms with Gasteiger partial charge < -0.3 is 30.6 Å². The molecular formula is C18H22O6S2. The van der Waals surface area contributed by atoms with Crippen LogP contribution in [-0.2, 0) is 0 Å². The number of rotatable bonds is 7. The van der Waals surface area contributed by atoms with Crippen molar-refractivity contribution in [3.8, 4) is 0 Å². The summed E-state index contributed by atoms with van der Waals surface area (Å²) in [5.41, 5.74) is 1.77. The molecule has 0 aliphatic rings. The normalized spacial score (nSPS) is 17.8. The fourth-order valence-corrected chi connectivity index (χ4v) is 3.95. The number of aliphatic hydroxyl groups excluding tert-OH is 6. The fourth-order valence-electron chi connectivity index (χ4n) is 2.23. The molecule has 2 heterocycles. The van der Waals surface area contributed by atoms with Crippen LogP contribution in [0, 0.1) is 13.8 Å². The number of aryl methyl sites for hydroxylation is 2. The van der Waals surface area contributed by atoms with Crippen molar-refractivity contribution in [1.82, 2.24) is 0 Å². The molecule has 142 valence electrons. The Morgan fingerprint density at radius 1 is 0.769 bits per heavy atom. The van der Waals surface area contributed by atoms with Crippen molar-refractivity contribution in [2.75, 3.05) is 0 Å². The molecule has 0 saturated carbocycles. The molecule has 2 rings (SSSR count). The Bertz CT molecular complexity index is 725. The van der Waals surface area contributed by atoms with E-state index in [0.29, 0.717) is 9.75 Å². The lowest BCUT2D eigenvalue weighted by Crippen LogP contribution is -2.45. The molecule has 8 heteroatoms. The lowest BCUT2D eigenvalue weighted by atomic mass is 9.99. The molecule has 0 saturated heterocycles. The molecule has 0 aromatic carbocycles. The predicted molar refractivity (Wildman–Crippen MR) is 103 cm³/mol. The van der Waals surface area contributed by atoms with Crippen molar-refractivity contribution >= 4 is 34.8 Å². The Kier molecular flexibility index (Phi) is 6.99. The minimum Gasteiger partial charge on any atom is -0.509 e. The second-order valence-electron chi connectivity index (χ2n) is 5.94. The van der Waals surface area contributed by atoms with Gasteiger partial charge in [0.25, 0.3) is 0 Å². The van der Waals surface area contributed by atoms with Crippen LogP contribution in [0.15, 0.2) is 34.4 Å². The molecular weight excluding hydrogens is 376 g/mol. The topological polar surface area (TPSA) is 121 Å². The van der Waals surface area contributed by atoms with Gasteiger partial charge in [0.15, 0.2) is 0 Å². The Hall–Kier alpha value is -1.68. The third-order valence-electron chi connectivity index (χ3n) is 3.96. The Morgan fingerprint density at radius 2 is 1.12 bits per heavy atom. The molecule has 0 spiro atoms. The van der Waals surface area contributed by atoms with Crippen LogP contribution in [0.5, 0.6) is 0 Å². The third-order valence-corrected chi connectivity index (χ3v) is 5.90. The maximum absolute atomic E-state index is 10.1. The highest BCUT2D eigenvalue weighted by molar-refractivity contribution is 7.11. The Labute approximate surface area is 159 Å². The zero-order valence-corrected chi connectivity index (χ0v) is 15.9. The number of hydrogen-bond acceptors (Lipinski definition) is 8. The maximum Gasteiger partial charge on any atom is 0.139 e. The SMILES string of the molecule is Cc1ccsc1C=C(O)[C@@H](O)[C@@H](O)[C@H](O)[C@@H](O)C(O)=Cc1sccc1C. The lowest BCUT2D eigenvalue weighted by Gasteiger charge is -2.26. The van der Waals surface area contributed by atoms with Gasteiger partial charge in [0.1, 0.15) is 35.9 Å². The van der Waals surface area contributed by atoms with E-state index in [9.17, 15) is 30.6 Å². The first-order chi connectivity index (χ1) is 12.2. The monoisotopic (exact) mass is 398 g/mol. The van der Waals surface area contributed by atoms with E-state index in [1.165, 1.54) is 34.8 Å². The van der Waals surface area contributed by atoms with Gasteiger partial charge in [-0.15, -0.1) is 22.7 Å². The zero-order valence-electron chi connectivity index (χ0n) is 14.3. The molecule has 26 heavy (non-hydrogen) atoms. The van der Waals surface area contributed by atoms with Gasteiger partial charge in [0, 0.05) is 9.75 Å². The van der Waals surface area contributed by atoms with Gasteiger partial charge in [-0.2, -0.15) is 0 Å². The molecule has 2 aromatic heterocycles. The van der Waals surface area contributed by atoms with E-state index in [1.54, 1.807) is 0 Å². The van der Waals surface area contributed by atoms with Gasteiger partial charge in [-0.3, -0.25) is 0 Å². The number of thiophene rings is 2. The van der Waals surface area contributed by atoms with Crippen molar-refractivity contribution < 1.29 is 30.6 Å². The highest BCUT2D eigenvalue weighted by Crippen LogP contribution is 2.23. The number of aliphatic hydroxyl groups is 6. The first kappa shape index (κ1) is 20.6. The second kappa shape index (κ2) is 8.81. The summed E-state index contributed by atoms with van der Waals surface area (Å²) in [6.45, 7) is 3.65. The van der Waals surface area contributed by atoms with Crippen molar-refractivity contribution in [2.24, 2.45) is 0 Å². The largest absolute Gasteiger partial charge is 0.509 e. The van der Waals surface area contributed by atoms with Crippen molar-refractivity contribution in [3.63, 3.8) is 0 Å². The van der Waals surface area contributed by atoms with Gasteiger partial charge in [-0.1, -0.05) is 0 Å². The average Bonchev–Trinajstić information content (AvgIpc) is 3.20. The van der Waals surface area contributed by atoms with Crippen LogP contribution in [0.4, 0.5) is 0 Å². The molecule has 0 amide bonds. The smallest absolute Gasteiger partial charge is 0.139 e. The average molecular weight is 399 g/mol. The Morgan fingerprint density at radius 3 is 1.38 bits per heavy atom. The molecule has 0 aliphatic heterocycles. The van der Waals surface area contributed by atoms with Crippen LogP contribution in [0.3, 0.4) is 0 Å². The van der Waals surface area contributed by atoms with E-state index in [4.69, 9.17) is 0 Å². The van der Waals surface area contributed by atoms with Gasteiger partial charge in [-0.25, -0.2) is 0 Å². The standard InChI is InChI=1S/C18H22O6S2/c1-9-3-5-25-13(9)7-11(19)15(21)17(23)18(24)16(22)12(20)8-14-10(2)4-6-26-14/h3-8,15-24H,1-2H3/t15-,16+,17-,18-/m1/s1. The first-order valence-electron chi connectivity index (χ1n) is 7.84. The first-order valence-corrected chi connectivity index (χ1v) is 9.60. The molecule has 0 aliphatic carbocycles. The van der Waals surface area contributed by atoms with E-state index in [-0.39, 0.29) is 0 Å². The summed E-state index contributed by atoms with van der Waals surface area (Å²) in [5, 5.41) is 63.8. The maximum atomic E-state index is 10.1. The summed E-state index contributed by atoms with van der Waals surface area (Å²) in [6.07, 6.45) is -4.87. The molecule has 2 aromatic rings. The van der Waals surface area contributed by atoms with Crippen molar-refractivity contribution in [1.29, 1.82) is 0 Å². The van der Waals surface area contributed by atoms with Gasteiger partial charge in [0.2, 0.25) is 0 Å². The third kappa shape index (κ3) is 4.73. The van der Waals surface area contributed by atoms with Gasteiger partial charge >= 0.3 is 0 Å². The van der Waals surface area contributed by atoms with Crippen LogP contribution in [0.2, 0.25) is 0 Å². The molecule has 0 fully saturated rings. The molecule has 0 bridgehead atoms. The van der Waals surface area contributed by atoms with Gasteiger partial charge in [0.05, 0.1) is 0 Å². The van der Waals surface area contributed by atoms with E-state index >= 15 is 0 Å². The molecule has 6 N–H and O–H groups in total. The van der Waals surface area contributed by atoms with Crippen LogP contribution < -0.4 is 0 Å². The van der Waals surface area contributed by atoms with E-state index in [2.05, 4.69) is 0 Å². The van der Waals surface area contributed by atoms with Gasteiger partial charge in [-0.05, 0) is 60.0 Å². The predicted octanol–water partition coefficient (Wildman–Crippen LogP) is 2.37. The summed E-state index contributed by atoms with van der Waals surface area (Å²) < 4.78 is 0. The van der Waals surface area contributed by atoms with Crippen LogP contribution in [0.1, 0.15) is 20.9 Å². The lowest BCUT2D eigenvalue weighted by molar-refractivity contribution is -0.0996. The quantitative estimate of drug-likeness (QED) is 0.398. The Balaban J connectivity index is 2.11. The summed E-state index contributed by atoms with van der Waals surface area (Å²) in [6, 6.07) is 3.67. The van der Waals surface area contributed by atoms with Crippen LogP contribution in [-0.4, -0.2) is 55.1 Å². The van der Waals surface area contributed by atoms with Crippen molar-refractivity contribution in [3.05, 3.63) is 55.3 Å². The highest BCUT2D eigenvalue weighted by atomic mass is 32.1. The van der Waals surface area contributed by atoms with E-state index in [1.807, 2.05) is 36.7 Å².